The van der Waals surface area contributed by atoms with Gasteiger partial charge in [-0.05, 0) is 70.2 Å². The second-order valence-electron chi connectivity index (χ2n) is 7.47. The molecule has 0 spiro atoms. The first-order valence-electron chi connectivity index (χ1n) is 9.46. The van der Waals surface area contributed by atoms with Crippen molar-refractivity contribution in [3.8, 4) is 5.75 Å². The highest BCUT2D eigenvalue weighted by Crippen LogP contribution is 2.44. The number of likely N-dealkylation sites (N-methyl/N-ethyl adjacent to an activating group) is 1. The predicted octanol–water partition coefficient (Wildman–Crippen LogP) is 4.14. The Morgan fingerprint density at radius 2 is 1.84 bits per heavy atom. The third-order valence-electron chi connectivity index (χ3n) is 5.53. The van der Waals surface area contributed by atoms with Gasteiger partial charge in [0.1, 0.15) is 11.9 Å². The maximum absolute atomic E-state index is 12.5. The highest BCUT2D eigenvalue weighted by atomic mass is 16.6. The van der Waals surface area contributed by atoms with Gasteiger partial charge < -0.3 is 14.4 Å². The number of hydrogen-bond donors (Lipinski definition) is 1. The SMILES string of the molecule is CCCOc1ccccc1NC(=O)O[C@H]1C2CCC(CC2)[C@@H]1N(C)C. The number of carbonyl (C=O) groups excluding carboxylic acids is 1. The summed E-state index contributed by atoms with van der Waals surface area (Å²) >= 11 is 0. The van der Waals surface area contributed by atoms with Crippen LogP contribution >= 0.6 is 0 Å². The van der Waals surface area contributed by atoms with Crippen LogP contribution in [0.1, 0.15) is 39.0 Å². The quantitative estimate of drug-likeness (QED) is 0.841. The molecule has 3 aliphatic rings. The van der Waals surface area contributed by atoms with Crippen molar-refractivity contribution in [2.24, 2.45) is 11.8 Å². The highest BCUT2D eigenvalue weighted by molar-refractivity contribution is 5.86. The first-order chi connectivity index (χ1) is 12.1. The second kappa shape index (κ2) is 8.09. The molecule has 5 heteroatoms. The Labute approximate surface area is 150 Å². The van der Waals surface area contributed by atoms with Gasteiger partial charge >= 0.3 is 6.09 Å². The maximum atomic E-state index is 12.5. The standard InChI is InChI=1S/C20H30N2O3/c1-4-13-24-17-8-6-5-7-16(17)21-20(23)25-19-15-11-9-14(10-12-15)18(19)22(2)3/h5-8,14-15,18-19H,4,9-13H2,1-3H3,(H,21,23)/t14?,15?,18-,19-/m0/s1. The lowest BCUT2D eigenvalue weighted by atomic mass is 9.65. The van der Waals surface area contributed by atoms with E-state index < -0.39 is 0 Å². The first kappa shape index (κ1) is 18.1. The third kappa shape index (κ3) is 4.09. The molecule has 3 aliphatic carbocycles. The van der Waals surface area contributed by atoms with Gasteiger partial charge in [-0.1, -0.05) is 19.1 Å². The monoisotopic (exact) mass is 346 g/mol. The molecular formula is C20H30N2O3. The zero-order valence-corrected chi connectivity index (χ0v) is 15.5. The number of para-hydroxylation sites is 2. The number of fused-ring (bicyclic) bond motifs is 3. The molecule has 3 saturated carbocycles. The van der Waals surface area contributed by atoms with Crippen LogP contribution in [0.25, 0.3) is 0 Å². The van der Waals surface area contributed by atoms with Crippen molar-refractivity contribution in [1.82, 2.24) is 4.90 Å². The molecule has 2 bridgehead atoms. The number of benzene rings is 1. The molecule has 0 saturated heterocycles. The van der Waals surface area contributed by atoms with E-state index in [9.17, 15) is 4.79 Å². The number of anilines is 1. The minimum atomic E-state index is -0.378. The predicted molar refractivity (Wildman–Crippen MR) is 99.0 cm³/mol. The molecule has 4 rings (SSSR count). The number of nitrogens with one attached hydrogen (secondary N) is 1. The summed E-state index contributed by atoms with van der Waals surface area (Å²) in [5, 5.41) is 2.88. The molecule has 0 aromatic heterocycles. The molecule has 1 aromatic rings. The van der Waals surface area contributed by atoms with Crippen molar-refractivity contribution in [1.29, 1.82) is 0 Å². The van der Waals surface area contributed by atoms with E-state index in [1.54, 1.807) is 0 Å². The van der Waals surface area contributed by atoms with Crippen molar-refractivity contribution >= 4 is 11.8 Å². The van der Waals surface area contributed by atoms with Crippen molar-refractivity contribution in [3.05, 3.63) is 24.3 Å². The molecule has 3 fully saturated rings. The minimum Gasteiger partial charge on any atom is -0.491 e. The lowest BCUT2D eigenvalue weighted by molar-refractivity contribution is -0.0703. The van der Waals surface area contributed by atoms with Crippen LogP contribution < -0.4 is 10.1 Å². The van der Waals surface area contributed by atoms with Gasteiger partial charge in [0.15, 0.2) is 0 Å². The maximum Gasteiger partial charge on any atom is 0.412 e. The Morgan fingerprint density at radius 1 is 1.16 bits per heavy atom. The van der Waals surface area contributed by atoms with Crippen molar-refractivity contribution < 1.29 is 14.3 Å². The Kier molecular flexibility index (Phi) is 5.84. The molecule has 0 radical (unpaired) electrons. The summed E-state index contributed by atoms with van der Waals surface area (Å²) in [5.74, 6) is 1.81. The molecule has 5 nitrogen and oxygen atoms in total. The van der Waals surface area contributed by atoms with Crippen molar-refractivity contribution in [3.63, 3.8) is 0 Å². The summed E-state index contributed by atoms with van der Waals surface area (Å²) in [6, 6.07) is 7.84. The van der Waals surface area contributed by atoms with Gasteiger partial charge in [0.05, 0.1) is 12.3 Å². The van der Waals surface area contributed by atoms with E-state index in [1.165, 1.54) is 25.7 Å². The summed E-state index contributed by atoms with van der Waals surface area (Å²) in [6.07, 6.45) is 5.37. The topological polar surface area (TPSA) is 50.8 Å². The number of ether oxygens (including phenoxy) is 2. The van der Waals surface area contributed by atoms with E-state index in [4.69, 9.17) is 9.47 Å². The van der Waals surface area contributed by atoms with Gasteiger partial charge in [-0.15, -0.1) is 0 Å². The van der Waals surface area contributed by atoms with E-state index in [1.807, 2.05) is 24.3 Å². The van der Waals surface area contributed by atoms with E-state index in [0.717, 1.165) is 6.42 Å². The van der Waals surface area contributed by atoms with Gasteiger partial charge in [0, 0.05) is 6.04 Å². The summed E-state index contributed by atoms with van der Waals surface area (Å²) in [5.41, 5.74) is 0.670. The molecule has 1 amide bonds. The molecule has 138 valence electrons. The molecule has 2 atom stereocenters. The first-order valence-corrected chi connectivity index (χ1v) is 9.46. The number of amides is 1. The van der Waals surface area contributed by atoms with Crippen LogP contribution in [0.5, 0.6) is 5.75 Å². The molecule has 0 heterocycles. The fourth-order valence-electron chi connectivity index (χ4n) is 4.41. The number of carbonyl (C=O) groups is 1. The van der Waals surface area contributed by atoms with Crippen LogP contribution in [0, 0.1) is 11.8 Å². The largest absolute Gasteiger partial charge is 0.491 e. The van der Waals surface area contributed by atoms with Crippen LogP contribution in [-0.4, -0.2) is 43.8 Å². The average Bonchev–Trinajstić information content (AvgIpc) is 2.61. The van der Waals surface area contributed by atoms with Crippen molar-refractivity contribution in [2.45, 2.75) is 51.2 Å². The van der Waals surface area contributed by atoms with Gasteiger partial charge in [-0.25, -0.2) is 4.79 Å². The second-order valence-corrected chi connectivity index (χ2v) is 7.47. The summed E-state index contributed by atoms with van der Waals surface area (Å²) in [7, 11) is 4.18. The zero-order chi connectivity index (χ0) is 17.8. The molecule has 0 aliphatic heterocycles. The third-order valence-corrected chi connectivity index (χ3v) is 5.53. The normalized spacial score (nSPS) is 28.0. The van der Waals surface area contributed by atoms with Crippen LogP contribution in [0.4, 0.5) is 10.5 Å². The Balaban J connectivity index is 1.66. The zero-order valence-electron chi connectivity index (χ0n) is 15.5. The number of nitrogens with zero attached hydrogens (tertiary/aromatic N) is 1. The van der Waals surface area contributed by atoms with Gasteiger partial charge in [0.2, 0.25) is 0 Å². The van der Waals surface area contributed by atoms with E-state index in [2.05, 4.69) is 31.2 Å². The fraction of sp³-hybridized carbons (Fsp3) is 0.650. The van der Waals surface area contributed by atoms with Crippen LogP contribution in [0.2, 0.25) is 0 Å². The summed E-state index contributed by atoms with van der Waals surface area (Å²) < 4.78 is 11.6. The van der Waals surface area contributed by atoms with E-state index in [0.29, 0.717) is 35.9 Å². The van der Waals surface area contributed by atoms with Gasteiger partial charge in [-0.3, -0.25) is 5.32 Å². The Hall–Kier alpha value is -1.75. The smallest absolute Gasteiger partial charge is 0.412 e. The summed E-state index contributed by atoms with van der Waals surface area (Å²) in [4.78, 5) is 14.8. The lowest BCUT2D eigenvalue weighted by Gasteiger charge is -2.50. The van der Waals surface area contributed by atoms with Gasteiger partial charge in [-0.2, -0.15) is 0 Å². The molecule has 25 heavy (non-hydrogen) atoms. The average molecular weight is 346 g/mol. The number of rotatable bonds is 6. The molecule has 0 unspecified atom stereocenters. The fourth-order valence-corrected chi connectivity index (χ4v) is 4.41. The van der Waals surface area contributed by atoms with E-state index >= 15 is 0 Å². The number of hydrogen-bond acceptors (Lipinski definition) is 4. The highest BCUT2D eigenvalue weighted by Gasteiger charge is 2.46. The lowest BCUT2D eigenvalue weighted by Crippen LogP contribution is -2.56. The van der Waals surface area contributed by atoms with Crippen LogP contribution in [-0.2, 0) is 4.74 Å². The molecular weight excluding hydrogens is 316 g/mol. The van der Waals surface area contributed by atoms with Crippen molar-refractivity contribution in [2.75, 3.05) is 26.0 Å². The van der Waals surface area contributed by atoms with Crippen LogP contribution in [0.15, 0.2) is 24.3 Å². The summed E-state index contributed by atoms with van der Waals surface area (Å²) in [6.45, 7) is 2.69. The molecule has 1 N–H and O–H groups in total. The Morgan fingerprint density at radius 3 is 2.52 bits per heavy atom. The van der Waals surface area contributed by atoms with E-state index in [-0.39, 0.29) is 12.2 Å². The van der Waals surface area contributed by atoms with Crippen LogP contribution in [0.3, 0.4) is 0 Å². The minimum absolute atomic E-state index is 0.0220. The Bertz CT molecular complexity index is 582. The molecule has 1 aromatic carbocycles. The van der Waals surface area contributed by atoms with Gasteiger partial charge in [0.25, 0.3) is 0 Å².